The summed E-state index contributed by atoms with van der Waals surface area (Å²) in [7, 11) is -1.81. The number of benzene rings is 2. The molecule has 0 heterocycles. The maximum atomic E-state index is 12.4. The zero-order chi connectivity index (χ0) is 18.6. The van der Waals surface area contributed by atoms with Gasteiger partial charge in [-0.15, -0.1) is 0 Å². The van der Waals surface area contributed by atoms with E-state index in [-0.39, 0.29) is 16.8 Å². The molecular weight excluding hydrogens is 352 g/mol. The van der Waals surface area contributed by atoms with Gasteiger partial charge in [-0.25, -0.2) is 13.1 Å². The molecule has 0 atom stereocenters. The third kappa shape index (κ3) is 4.83. The number of amides is 1. The molecule has 1 saturated carbocycles. The Balaban J connectivity index is 1.55. The Morgan fingerprint density at radius 1 is 1.12 bits per heavy atom. The number of carbonyl (C=O) groups excluding carboxylic acids is 1. The average molecular weight is 374 g/mol. The monoisotopic (exact) mass is 374 g/mol. The van der Waals surface area contributed by atoms with Gasteiger partial charge in [0.1, 0.15) is 12.4 Å². The third-order valence-corrected chi connectivity index (χ3v) is 5.63. The first kappa shape index (κ1) is 18.4. The number of ether oxygens (including phenoxy) is 1. The van der Waals surface area contributed by atoms with E-state index < -0.39 is 10.0 Å². The molecule has 1 fully saturated rings. The number of sulfonamides is 1. The van der Waals surface area contributed by atoms with Gasteiger partial charge in [-0.1, -0.05) is 18.2 Å². The van der Waals surface area contributed by atoms with Crippen LogP contribution in [0.15, 0.2) is 59.5 Å². The average Bonchev–Trinajstić information content (AvgIpc) is 3.45. The lowest BCUT2D eigenvalue weighted by Crippen LogP contribution is -2.31. The minimum atomic E-state index is -3.50. The topological polar surface area (TPSA) is 75.7 Å². The second-order valence-electron chi connectivity index (χ2n) is 6.31. The fourth-order valence-electron chi connectivity index (χ4n) is 2.40. The van der Waals surface area contributed by atoms with E-state index >= 15 is 0 Å². The Bertz CT molecular complexity index is 847. The zero-order valence-electron chi connectivity index (χ0n) is 14.6. The van der Waals surface area contributed by atoms with Gasteiger partial charge < -0.3 is 9.64 Å². The first-order valence-electron chi connectivity index (χ1n) is 8.51. The lowest BCUT2D eigenvalue weighted by molar-refractivity contribution is 0.0773. The van der Waals surface area contributed by atoms with Gasteiger partial charge in [-0.2, -0.15) is 0 Å². The van der Waals surface area contributed by atoms with E-state index in [0.29, 0.717) is 18.7 Å². The van der Waals surface area contributed by atoms with Crippen LogP contribution in [0.5, 0.6) is 5.75 Å². The van der Waals surface area contributed by atoms with Crippen LogP contribution in [0.3, 0.4) is 0 Å². The summed E-state index contributed by atoms with van der Waals surface area (Å²) < 4.78 is 32.5. The molecule has 1 amide bonds. The van der Waals surface area contributed by atoms with Crippen LogP contribution in [-0.2, 0) is 10.0 Å². The molecule has 0 spiro atoms. The van der Waals surface area contributed by atoms with E-state index in [4.69, 9.17) is 4.74 Å². The van der Waals surface area contributed by atoms with E-state index in [0.717, 1.165) is 18.6 Å². The van der Waals surface area contributed by atoms with Crippen LogP contribution in [0.2, 0.25) is 0 Å². The molecule has 7 heteroatoms. The molecule has 0 bridgehead atoms. The van der Waals surface area contributed by atoms with Gasteiger partial charge >= 0.3 is 0 Å². The Hall–Kier alpha value is -2.38. The van der Waals surface area contributed by atoms with Crippen LogP contribution in [0.1, 0.15) is 23.2 Å². The Kier molecular flexibility index (Phi) is 5.58. The summed E-state index contributed by atoms with van der Waals surface area (Å²) in [6, 6.07) is 15.5. The van der Waals surface area contributed by atoms with Crippen LogP contribution >= 0.6 is 0 Å². The number of hydrogen-bond donors (Lipinski definition) is 1. The summed E-state index contributed by atoms with van der Waals surface area (Å²) in [6.45, 7) is 0.807. The molecule has 0 aromatic heterocycles. The number of nitrogens with one attached hydrogen (secondary N) is 1. The number of likely N-dealkylation sites (N-methyl/N-ethyl adjacent to an activating group) is 1. The molecule has 0 radical (unpaired) electrons. The molecule has 138 valence electrons. The molecule has 2 aromatic carbocycles. The predicted molar refractivity (Wildman–Crippen MR) is 98.7 cm³/mol. The number of nitrogens with zero attached hydrogens (tertiary/aromatic N) is 1. The highest BCUT2D eigenvalue weighted by Crippen LogP contribution is 2.22. The second kappa shape index (κ2) is 7.88. The largest absolute Gasteiger partial charge is 0.492 e. The number of carbonyl (C=O) groups is 1. The van der Waals surface area contributed by atoms with Crippen molar-refractivity contribution in [3.05, 3.63) is 60.2 Å². The fourth-order valence-corrected chi connectivity index (χ4v) is 3.71. The summed E-state index contributed by atoms with van der Waals surface area (Å²) in [5.74, 6) is 0.576. The lowest BCUT2D eigenvalue weighted by atomic mass is 10.2. The van der Waals surface area contributed by atoms with Crippen molar-refractivity contribution >= 4 is 15.9 Å². The summed E-state index contributed by atoms with van der Waals surface area (Å²) >= 11 is 0. The van der Waals surface area contributed by atoms with Crippen LogP contribution in [-0.4, -0.2) is 45.5 Å². The third-order valence-electron chi connectivity index (χ3n) is 4.10. The van der Waals surface area contributed by atoms with Crippen molar-refractivity contribution < 1.29 is 17.9 Å². The van der Waals surface area contributed by atoms with Gasteiger partial charge in [0.15, 0.2) is 0 Å². The summed E-state index contributed by atoms with van der Waals surface area (Å²) in [4.78, 5) is 14.2. The molecule has 1 aliphatic carbocycles. The highest BCUT2D eigenvalue weighted by atomic mass is 32.2. The maximum Gasteiger partial charge on any atom is 0.253 e. The van der Waals surface area contributed by atoms with Crippen molar-refractivity contribution in [3.63, 3.8) is 0 Å². The number of hydrogen-bond acceptors (Lipinski definition) is 4. The Morgan fingerprint density at radius 3 is 2.38 bits per heavy atom. The summed E-state index contributed by atoms with van der Waals surface area (Å²) in [5, 5.41) is 0. The normalized spacial score (nSPS) is 14.0. The molecule has 1 N–H and O–H groups in total. The van der Waals surface area contributed by atoms with Gasteiger partial charge in [0.25, 0.3) is 5.91 Å². The Morgan fingerprint density at radius 2 is 1.77 bits per heavy atom. The van der Waals surface area contributed by atoms with Crippen LogP contribution in [0, 0.1) is 0 Å². The SMILES string of the molecule is CN(CCOc1ccccc1)C(=O)c1ccc(S(=O)(=O)NC2CC2)cc1. The molecule has 3 rings (SSSR count). The van der Waals surface area contributed by atoms with Crippen molar-refractivity contribution in [2.75, 3.05) is 20.2 Å². The molecule has 2 aromatic rings. The lowest BCUT2D eigenvalue weighted by Gasteiger charge is -2.17. The van der Waals surface area contributed by atoms with Gasteiger partial charge in [-0.05, 0) is 49.2 Å². The molecule has 0 saturated heterocycles. The number of rotatable bonds is 8. The predicted octanol–water partition coefficient (Wildman–Crippen LogP) is 2.28. The molecular formula is C19H22N2O4S. The zero-order valence-corrected chi connectivity index (χ0v) is 15.4. The van der Waals surface area contributed by atoms with Crippen molar-refractivity contribution in [1.82, 2.24) is 9.62 Å². The van der Waals surface area contributed by atoms with Gasteiger partial charge in [0.2, 0.25) is 10.0 Å². The minimum Gasteiger partial charge on any atom is -0.492 e. The van der Waals surface area contributed by atoms with Gasteiger partial charge in [0.05, 0.1) is 11.4 Å². The standard InChI is InChI=1S/C19H22N2O4S/c1-21(13-14-25-17-5-3-2-4-6-17)19(22)15-7-11-18(12-8-15)26(23,24)20-16-9-10-16/h2-8,11-12,16,20H,9-10,13-14H2,1H3. The second-order valence-corrected chi connectivity index (χ2v) is 8.02. The van der Waals surface area contributed by atoms with Crippen molar-refractivity contribution in [2.45, 2.75) is 23.8 Å². The van der Waals surface area contributed by atoms with E-state index in [9.17, 15) is 13.2 Å². The van der Waals surface area contributed by atoms with Crippen LogP contribution in [0.25, 0.3) is 0 Å². The smallest absolute Gasteiger partial charge is 0.253 e. The van der Waals surface area contributed by atoms with Crippen molar-refractivity contribution in [2.24, 2.45) is 0 Å². The fraction of sp³-hybridized carbons (Fsp3) is 0.316. The number of para-hydroxylation sites is 1. The van der Waals surface area contributed by atoms with Crippen molar-refractivity contribution in [3.8, 4) is 5.75 Å². The molecule has 0 unspecified atom stereocenters. The maximum absolute atomic E-state index is 12.4. The summed E-state index contributed by atoms with van der Waals surface area (Å²) in [5.41, 5.74) is 0.442. The minimum absolute atomic E-state index is 0.0528. The van der Waals surface area contributed by atoms with E-state index in [2.05, 4.69) is 4.72 Å². The van der Waals surface area contributed by atoms with Gasteiger partial charge in [-0.3, -0.25) is 4.79 Å². The van der Waals surface area contributed by atoms with Crippen LogP contribution < -0.4 is 9.46 Å². The van der Waals surface area contributed by atoms with E-state index in [1.54, 1.807) is 24.1 Å². The highest BCUT2D eigenvalue weighted by molar-refractivity contribution is 7.89. The first-order valence-corrected chi connectivity index (χ1v) is 10.00. The molecule has 6 nitrogen and oxygen atoms in total. The quantitative estimate of drug-likeness (QED) is 0.769. The highest BCUT2D eigenvalue weighted by Gasteiger charge is 2.28. The van der Waals surface area contributed by atoms with E-state index in [1.165, 1.54) is 12.1 Å². The molecule has 26 heavy (non-hydrogen) atoms. The van der Waals surface area contributed by atoms with Gasteiger partial charge in [0, 0.05) is 18.7 Å². The first-order chi connectivity index (χ1) is 12.5. The van der Waals surface area contributed by atoms with Crippen molar-refractivity contribution in [1.29, 1.82) is 0 Å². The summed E-state index contributed by atoms with van der Waals surface area (Å²) in [6.07, 6.45) is 1.76. The van der Waals surface area contributed by atoms with Crippen LogP contribution in [0.4, 0.5) is 0 Å². The molecule has 1 aliphatic rings. The van der Waals surface area contributed by atoms with E-state index in [1.807, 2.05) is 30.3 Å². The Labute approximate surface area is 153 Å². The molecule has 0 aliphatic heterocycles.